The Morgan fingerprint density at radius 2 is 2.00 bits per heavy atom. The predicted octanol–water partition coefficient (Wildman–Crippen LogP) is 2.33. The monoisotopic (exact) mass is 418 g/mol. The molecule has 2 heterocycles. The molecular weight excluding hydrogens is 400 g/mol. The summed E-state index contributed by atoms with van der Waals surface area (Å²) in [6.45, 7) is 1.00. The summed E-state index contributed by atoms with van der Waals surface area (Å²) >= 11 is 3.32. The van der Waals surface area contributed by atoms with Crippen LogP contribution in [0.3, 0.4) is 0 Å². The maximum atomic E-state index is 13.0. The van der Waals surface area contributed by atoms with Gasteiger partial charge in [-0.05, 0) is 31.0 Å². The van der Waals surface area contributed by atoms with Crippen LogP contribution in [-0.4, -0.2) is 35.5 Å². The summed E-state index contributed by atoms with van der Waals surface area (Å²) in [6, 6.07) is 9.97. The van der Waals surface area contributed by atoms with Gasteiger partial charge in [-0.15, -0.1) is 0 Å². The molecule has 0 bridgehead atoms. The lowest BCUT2D eigenvalue weighted by Crippen LogP contribution is -2.43. The molecule has 3 rings (SSSR count). The lowest BCUT2D eigenvalue weighted by Gasteiger charge is -2.19. The molecule has 0 radical (unpaired) electrons. The Hall–Kier alpha value is -2.25. The molecule has 0 unspecified atom stereocenters. The maximum absolute atomic E-state index is 13.0. The van der Waals surface area contributed by atoms with Crippen molar-refractivity contribution in [2.24, 2.45) is 0 Å². The topological polar surface area (TPSA) is 77.4 Å². The predicted molar refractivity (Wildman–Crippen MR) is 100 cm³/mol. The first-order valence-corrected chi connectivity index (χ1v) is 9.22. The van der Waals surface area contributed by atoms with Crippen molar-refractivity contribution < 1.29 is 14.3 Å². The summed E-state index contributed by atoms with van der Waals surface area (Å²) in [5.74, 6) is -0.947. The lowest BCUT2D eigenvalue weighted by molar-refractivity contribution is -0.123. The molecule has 2 aromatic rings. The van der Waals surface area contributed by atoms with E-state index in [-0.39, 0.29) is 6.10 Å². The SMILES string of the molecule is O=C(NC[C@@H]1CCCO1)[C@@H](C(=O)c1ccc(Br)cc1)n1ccccc1=O. The molecule has 1 N–H and O–H groups in total. The summed E-state index contributed by atoms with van der Waals surface area (Å²) in [5.41, 5.74) is -0.0450. The van der Waals surface area contributed by atoms with Gasteiger partial charge >= 0.3 is 0 Å². The second-order valence-corrected chi connectivity index (χ2v) is 7.02. The molecule has 6 nitrogen and oxygen atoms in total. The highest BCUT2D eigenvalue weighted by molar-refractivity contribution is 9.10. The van der Waals surface area contributed by atoms with Crippen LogP contribution < -0.4 is 10.9 Å². The zero-order chi connectivity index (χ0) is 18.5. The average molecular weight is 419 g/mol. The highest BCUT2D eigenvalue weighted by atomic mass is 79.9. The number of benzene rings is 1. The summed E-state index contributed by atoms with van der Waals surface area (Å²) in [4.78, 5) is 38.0. The molecule has 0 saturated carbocycles. The van der Waals surface area contributed by atoms with Crippen LogP contribution in [0.4, 0.5) is 0 Å². The van der Waals surface area contributed by atoms with Gasteiger partial charge in [-0.3, -0.25) is 19.0 Å². The normalized spacial score (nSPS) is 17.7. The fourth-order valence-corrected chi connectivity index (χ4v) is 3.18. The molecule has 136 valence electrons. The third-order valence-electron chi connectivity index (χ3n) is 4.28. The van der Waals surface area contributed by atoms with Crippen LogP contribution in [0.1, 0.15) is 29.2 Å². The number of ketones is 1. The van der Waals surface area contributed by atoms with Crippen molar-refractivity contribution in [2.75, 3.05) is 13.2 Å². The van der Waals surface area contributed by atoms with Crippen molar-refractivity contribution in [3.05, 3.63) is 69.1 Å². The number of amides is 1. The zero-order valence-corrected chi connectivity index (χ0v) is 15.6. The van der Waals surface area contributed by atoms with Crippen LogP contribution in [0.2, 0.25) is 0 Å². The first-order chi connectivity index (χ1) is 12.6. The number of aromatic nitrogens is 1. The summed E-state index contributed by atoms with van der Waals surface area (Å²) in [7, 11) is 0. The molecule has 2 atom stereocenters. The smallest absolute Gasteiger partial charge is 0.251 e. The average Bonchev–Trinajstić information content (AvgIpc) is 3.16. The van der Waals surface area contributed by atoms with Crippen LogP contribution in [0, 0.1) is 0 Å². The highest BCUT2D eigenvalue weighted by Gasteiger charge is 2.30. The van der Waals surface area contributed by atoms with E-state index in [0.29, 0.717) is 18.7 Å². The molecular formula is C19H19BrN2O4. The Morgan fingerprint density at radius 3 is 2.65 bits per heavy atom. The molecule has 7 heteroatoms. The van der Waals surface area contributed by atoms with E-state index in [4.69, 9.17) is 4.74 Å². The molecule has 1 amide bonds. The lowest BCUT2D eigenvalue weighted by atomic mass is 10.0. The van der Waals surface area contributed by atoms with E-state index in [0.717, 1.165) is 21.9 Å². The Bertz CT molecular complexity index is 841. The van der Waals surface area contributed by atoms with Crippen LogP contribution in [0.15, 0.2) is 57.9 Å². The van der Waals surface area contributed by atoms with Gasteiger partial charge in [0.25, 0.3) is 11.5 Å². The van der Waals surface area contributed by atoms with Crippen molar-refractivity contribution in [3.63, 3.8) is 0 Å². The van der Waals surface area contributed by atoms with Crippen LogP contribution in [-0.2, 0) is 9.53 Å². The maximum Gasteiger partial charge on any atom is 0.251 e. The van der Waals surface area contributed by atoms with Gasteiger partial charge in [0.1, 0.15) is 0 Å². The Kier molecular flexibility index (Phi) is 6.00. The van der Waals surface area contributed by atoms with E-state index >= 15 is 0 Å². The molecule has 1 aromatic heterocycles. The number of nitrogens with zero attached hydrogens (tertiary/aromatic N) is 1. The Morgan fingerprint density at radius 1 is 1.23 bits per heavy atom. The Balaban J connectivity index is 1.87. The van der Waals surface area contributed by atoms with Crippen molar-refractivity contribution >= 4 is 27.6 Å². The second-order valence-electron chi connectivity index (χ2n) is 6.10. The van der Waals surface area contributed by atoms with E-state index in [2.05, 4.69) is 21.2 Å². The summed E-state index contributed by atoms with van der Waals surface area (Å²) < 4.78 is 7.48. The minimum absolute atomic E-state index is 0.0464. The number of rotatable bonds is 6. The molecule has 1 fully saturated rings. The van der Waals surface area contributed by atoms with Gasteiger partial charge < -0.3 is 10.1 Å². The van der Waals surface area contributed by atoms with E-state index in [1.807, 2.05) is 0 Å². The standard InChI is InChI=1S/C19H19BrN2O4/c20-14-8-6-13(7-9-14)18(24)17(22-10-2-1-5-16(22)23)19(25)21-12-15-4-3-11-26-15/h1-2,5-10,15,17H,3-4,11-12H2,(H,21,25)/t15-,17+/m0/s1. The molecule has 1 saturated heterocycles. The largest absolute Gasteiger partial charge is 0.376 e. The van der Waals surface area contributed by atoms with Gasteiger partial charge in [-0.2, -0.15) is 0 Å². The number of hydrogen-bond donors (Lipinski definition) is 1. The van der Waals surface area contributed by atoms with Gasteiger partial charge in [0.05, 0.1) is 6.10 Å². The van der Waals surface area contributed by atoms with Crippen molar-refractivity contribution in [1.29, 1.82) is 0 Å². The van der Waals surface area contributed by atoms with Crippen LogP contribution in [0.5, 0.6) is 0 Å². The second kappa shape index (κ2) is 8.42. The number of carbonyl (C=O) groups excluding carboxylic acids is 2. The fraction of sp³-hybridized carbons (Fsp3) is 0.316. The first-order valence-electron chi connectivity index (χ1n) is 8.42. The quantitative estimate of drug-likeness (QED) is 0.576. The minimum Gasteiger partial charge on any atom is -0.376 e. The van der Waals surface area contributed by atoms with E-state index in [1.54, 1.807) is 36.4 Å². The third-order valence-corrected chi connectivity index (χ3v) is 4.81. The number of pyridine rings is 1. The molecule has 1 aliphatic heterocycles. The summed E-state index contributed by atoms with van der Waals surface area (Å²) in [5, 5.41) is 2.76. The number of nitrogens with one attached hydrogen (secondary N) is 1. The van der Waals surface area contributed by atoms with Gasteiger partial charge in [0.2, 0.25) is 0 Å². The number of carbonyl (C=O) groups is 2. The van der Waals surface area contributed by atoms with Crippen molar-refractivity contribution in [1.82, 2.24) is 9.88 Å². The van der Waals surface area contributed by atoms with Crippen LogP contribution >= 0.6 is 15.9 Å². The molecule has 1 aliphatic rings. The fourth-order valence-electron chi connectivity index (χ4n) is 2.91. The Labute approximate surface area is 159 Å². The highest BCUT2D eigenvalue weighted by Crippen LogP contribution is 2.17. The van der Waals surface area contributed by atoms with Gasteiger partial charge in [0, 0.05) is 35.5 Å². The third kappa shape index (κ3) is 4.28. The van der Waals surface area contributed by atoms with E-state index in [9.17, 15) is 14.4 Å². The van der Waals surface area contributed by atoms with E-state index in [1.165, 1.54) is 12.3 Å². The van der Waals surface area contributed by atoms with Crippen molar-refractivity contribution in [2.45, 2.75) is 25.0 Å². The summed E-state index contributed by atoms with van der Waals surface area (Å²) in [6.07, 6.45) is 3.24. The molecule has 26 heavy (non-hydrogen) atoms. The number of Topliss-reactive ketones (excluding diaryl/α,β-unsaturated/α-hetero) is 1. The molecule has 0 spiro atoms. The van der Waals surface area contributed by atoms with Crippen LogP contribution in [0.25, 0.3) is 0 Å². The van der Waals surface area contributed by atoms with E-state index < -0.39 is 23.3 Å². The number of ether oxygens (including phenoxy) is 1. The zero-order valence-electron chi connectivity index (χ0n) is 14.1. The van der Waals surface area contributed by atoms with Crippen molar-refractivity contribution in [3.8, 4) is 0 Å². The minimum atomic E-state index is -1.26. The van der Waals surface area contributed by atoms with Gasteiger partial charge in [0.15, 0.2) is 11.8 Å². The first kappa shape index (κ1) is 18.5. The molecule has 1 aromatic carbocycles. The number of hydrogen-bond acceptors (Lipinski definition) is 4. The van der Waals surface area contributed by atoms with Gasteiger partial charge in [-0.25, -0.2) is 0 Å². The number of halogens is 1. The molecule has 0 aliphatic carbocycles. The van der Waals surface area contributed by atoms with Gasteiger partial charge in [-0.1, -0.05) is 34.1 Å².